The lowest BCUT2D eigenvalue weighted by Crippen LogP contribution is -2.46. The van der Waals surface area contributed by atoms with E-state index < -0.39 is 10.8 Å². The van der Waals surface area contributed by atoms with E-state index in [2.05, 4.69) is 20.4 Å². The highest BCUT2D eigenvalue weighted by atomic mass is 32.2. The third-order valence-electron chi connectivity index (χ3n) is 4.42. The molecule has 0 heterocycles. The Hall–Kier alpha value is -1.11. The van der Waals surface area contributed by atoms with Crippen molar-refractivity contribution in [1.82, 2.24) is 10.6 Å². The monoisotopic (exact) mass is 359 g/mol. The first-order valence-corrected chi connectivity index (χ1v) is 10.4. The lowest BCUT2D eigenvalue weighted by Gasteiger charge is -2.30. The van der Waals surface area contributed by atoms with Gasteiger partial charge >= 0.3 is 5.97 Å². The molecule has 140 valence electrons. The van der Waals surface area contributed by atoms with Gasteiger partial charge in [0.1, 0.15) is 0 Å². The summed E-state index contributed by atoms with van der Waals surface area (Å²) in [6.07, 6.45) is 7.58. The van der Waals surface area contributed by atoms with Crippen LogP contribution in [0.2, 0.25) is 0 Å². The second-order valence-corrected chi connectivity index (χ2v) is 8.19. The van der Waals surface area contributed by atoms with Gasteiger partial charge in [-0.15, -0.1) is 0 Å². The molecule has 3 unspecified atom stereocenters. The van der Waals surface area contributed by atoms with Gasteiger partial charge < -0.3 is 15.4 Å². The fraction of sp³-hybridized carbons (Fsp3) is 0.882. The van der Waals surface area contributed by atoms with E-state index in [4.69, 9.17) is 0 Å². The van der Waals surface area contributed by atoms with E-state index >= 15 is 0 Å². The maximum absolute atomic E-state index is 12.0. The first-order valence-electron chi connectivity index (χ1n) is 9.01. The van der Waals surface area contributed by atoms with Crippen LogP contribution in [0.4, 0.5) is 0 Å². The number of ether oxygens (including phenoxy) is 1. The highest BCUT2D eigenvalue weighted by molar-refractivity contribution is 7.85. The van der Waals surface area contributed by atoms with Gasteiger partial charge in [-0.25, -0.2) is 0 Å². The van der Waals surface area contributed by atoms with E-state index in [0.29, 0.717) is 17.7 Å². The lowest BCUT2D eigenvalue weighted by atomic mass is 9.95. The summed E-state index contributed by atoms with van der Waals surface area (Å²) < 4.78 is 16.6. The smallest absolute Gasteiger partial charge is 0.305 e. The molecule has 2 N–H and O–H groups in total. The molecule has 0 radical (unpaired) electrons. The third kappa shape index (κ3) is 8.13. The number of methoxy groups -OCH3 is 1. The summed E-state index contributed by atoms with van der Waals surface area (Å²) in [6, 6.07) is 0.352. The van der Waals surface area contributed by atoms with Crippen LogP contribution >= 0.6 is 0 Å². The average molecular weight is 360 g/mol. The molecule has 0 spiro atoms. The van der Waals surface area contributed by atoms with Gasteiger partial charge in [0.2, 0.25) is 0 Å². The minimum absolute atomic E-state index is 0.142. The fourth-order valence-electron chi connectivity index (χ4n) is 3.02. The molecule has 0 aliphatic heterocycles. The van der Waals surface area contributed by atoms with E-state index in [1.807, 2.05) is 6.92 Å². The number of hydrogen-bond donors (Lipinski definition) is 2. The summed E-state index contributed by atoms with van der Waals surface area (Å²) in [6.45, 7) is 2.83. The standard InChI is InChI=1S/C17H33N3O3S/c1-4-24(22)15-10-8-9-14(13-15)20-17(18-2)19-12-7-5-6-11-16(21)23-3/h14-15H,4-13H2,1-3H3,(H2,18,19,20). The topological polar surface area (TPSA) is 79.8 Å². The highest BCUT2D eigenvalue weighted by Crippen LogP contribution is 2.22. The Morgan fingerprint density at radius 1 is 1.29 bits per heavy atom. The zero-order valence-corrected chi connectivity index (χ0v) is 16.1. The number of hydrogen-bond acceptors (Lipinski definition) is 4. The van der Waals surface area contributed by atoms with Gasteiger partial charge in [-0.2, -0.15) is 0 Å². The van der Waals surface area contributed by atoms with Gasteiger partial charge in [0.15, 0.2) is 5.96 Å². The van der Waals surface area contributed by atoms with Gasteiger partial charge in [0.25, 0.3) is 0 Å². The van der Waals surface area contributed by atoms with Crippen molar-refractivity contribution in [3.63, 3.8) is 0 Å². The van der Waals surface area contributed by atoms with Crippen LogP contribution in [0.5, 0.6) is 0 Å². The number of rotatable bonds is 9. The summed E-state index contributed by atoms with van der Waals surface area (Å²) in [5.41, 5.74) is 0. The molecule has 1 rings (SSSR count). The normalized spacial score (nSPS) is 22.7. The predicted octanol–water partition coefficient (Wildman–Crippen LogP) is 1.96. The van der Waals surface area contributed by atoms with Gasteiger partial charge in [0, 0.05) is 47.9 Å². The zero-order chi connectivity index (χ0) is 17.8. The summed E-state index contributed by atoms with van der Waals surface area (Å²) >= 11 is 0. The maximum Gasteiger partial charge on any atom is 0.305 e. The highest BCUT2D eigenvalue weighted by Gasteiger charge is 2.25. The molecule has 1 saturated carbocycles. The van der Waals surface area contributed by atoms with E-state index in [1.54, 1.807) is 7.05 Å². The van der Waals surface area contributed by atoms with Crippen LogP contribution in [-0.4, -0.2) is 53.9 Å². The summed E-state index contributed by atoms with van der Waals surface area (Å²) in [4.78, 5) is 15.3. The number of nitrogens with zero attached hydrogens (tertiary/aromatic N) is 1. The number of aliphatic imine (C=N–C) groups is 1. The summed E-state index contributed by atoms with van der Waals surface area (Å²) in [5, 5.41) is 7.10. The second-order valence-electron chi connectivity index (χ2n) is 6.19. The number of carbonyl (C=O) groups is 1. The molecule has 6 nitrogen and oxygen atoms in total. The SMILES string of the molecule is CCS(=O)C1CCCC(NC(=NC)NCCCCCC(=O)OC)C1. The van der Waals surface area contributed by atoms with Crippen molar-refractivity contribution >= 4 is 22.7 Å². The van der Waals surface area contributed by atoms with E-state index in [9.17, 15) is 9.00 Å². The third-order valence-corrected chi connectivity index (χ3v) is 6.17. The maximum atomic E-state index is 12.0. The number of carbonyl (C=O) groups excluding carboxylic acids is 1. The van der Waals surface area contributed by atoms with E-state index in [-0.39, 0.29) is 5.97 Å². The zero-order valence-electron chi connectivity index (χ0n) is 15.3. The molecule has 1 aliphatic carbocycles. The van der Waals surface area contributed by atoms with Crippen LogP contribution in [0.3, 0.4) is 0 Å². The van der Waals surface area contributed by atoms with Crippen LogP contribution < -0.4 is 10.6 Å². The Morgan fingerprint density at radius 2 is 2.08 bits per heavy atom. The molecule has 1 fully saturated rings. The molecular weight excluding hydrogens is 326 g/mol. The number of unbranched alkanes of at least 4 members (excludes halogenated alkanes) is 2. The number of guanidine groups is 1. The lowest BCUT2D eigenvalue weighted by molar-refractivity contribution is -0.140. The first-order chi connectivity index (χ1) is 11.6. The summed E-state index contributed by atoms with van der Waals surface area (Å²) in [5.74, 6) is 1.42. The van der Waals surface area contributed by atoms with Crippen molar-refractivity contribution in [3.05, 3.63) is 0 Å². The van der Waals surface area contributed by atoms with Gasteiger partial charge in [0.05, 0.1) is 7.11 Å². The van der Waals surface area contributed by atoms with Crippen molar-refractivity contribution in [2.24, 2.45) is 4.99 Å². The van der Waals surface area contributed by atoms with Crippen LogP contribution in [0.1, 0.15) is 58.3 Å². The molecule has 0 bridgehead atoms. The Labute approximate surface area is 148 Å². The molecule has 0 aromatic heterocycles. The van der Waals surface area contributed by atoms with E-state index in [1.165, 1.54) is 7.11 Å². The van der Waals surface area contributed by atoms with E-state index in [0.717, 1.165) is 63.2 Å². The van der Waals surface area contributed by atoms with Crippen molar-refractivity contribution in [1.29, 1.82) is 0 Å². The van der Waals surface area contributed by atoms with Gasteiger partial charge in [-0.05, 0) is 32.1 Å². The fourth-order valence-corrected chi connectivity index (χ4v) is 4.37. The van der Waals surface area contributed by atoms with Gasteiger partial charge in [-0.3, -0.25) is 14.0 Å². The van der Waals surface area contributed by atoms with Crippen LogP contribution in [0, 0.1) is 0 Å². The van der Waals surface area contributed by atoms with Crippen LogP contribution in [-0.2, 0) is 20.3 Å². The van der Waals surface area contributed by atoms with Crippen molar-refractivity contribution < 1.29 is 13.7 Å². The Bertz CT molecular complexity index is 429. The Kier molecular flexibility index (Phi) is 10.7. The Morgan fingerprint density at radius 3 is 2.75 bits per heavy atom. The summed E-state index contributed by atoms with van der Waals surface area (Å²) in [7, 11) is 2.49. The Balaban J connectivity index is 2.22. The van der Waals surface area contributed by atoms with Crippen LogP contribution in [0.15, 0.2) is 4.99 Å². The molecule has 1 aliphatic rings. The molecule has 24 heavy (non-hydrogen) atoms. The molecule has 7 heteroatoms. The molecule has 0 saturated heterocycles. The quantitative estimate of drug-likeness (QED) is 0.285. The molecular formula is C17H33N3O3S. The number of esters is 1. The van der Waals surface area contributed by atoms with Crippen molar-refractivity contribution in [2.75, 3.05) is 26.5 Å². The largest absolute Gasteiger partial charge is 0.469 e. The molecule has 0 amide bonds. The molecule has 0 aromatic carbocycles. The predicted molar refractivity (Wildman–Crippen MR) is 99.7 cm³/mol. The minimum Gasteiger partial charge on any atom is -0.469 e. The van der Waals surface area contributed by atoms with Crippen molar-refractivity contribution in [3.8, 4) is 0 Å². The average Bonchev–Trinajstić information content (AvgIpc) is 2.62. The molecule has 3 atom stereocenters. The number of nitrogens with one attached hydrogen (secondary N) is 2. The second kappa shape index (κ2) is 12.3. The van der Waals surface area contributed by atoms with Gasteiger partial charge in [-0.1, -0.05) is 19.8 Å². The van der Waals surface area contributed by atoms with Crippen molar-refractivity contribution in [2.45, 2.75) is 69.6 Å². The van der Waals surface area contributed by atoms with Crippen LogP contribution in [0.25, 0.3) is 0 Å². The molecule has 0 aromatic rings. The first kappa shape index (κ1) is 20.9. The minimum atomic E-state index is -0.703.